The Kier molecular flexibility index (Phi) is 7.73. The average Bonchev–Trinajstić information content (AvgIpc) is 2.45. The maximum absolute atomic E-state index is 12.6. The van der Waals surface area contributed by atoms with Crippen molar-refractivity contribution >= 4 is 21.8 Å². The van der Waals surface area contributed by atoms with Crippen molar-refractivity contribution in [3.05, 3.63) is 29.3 Å². The molecule has 21 heavy (non-hydrogen) atoms. The lowest BCUT2D eigenvalue weighted by Gasteiger charge is -2.17. The van der Waals surface area contributed by atoms with E-state index in [0.717, 1.165) is 29.8 Å². The third-order valence-corrected chi connectivity index (χ3v) is 5.70. The number of thioether (sulfide) groups is 1. The summed E-state index contributed by atoms with van der Waals surface area (Å²) in [7, 11) is -3.46. The van der Waals surface area contributed by atoms with E-state index in [2.05, 4.69) is 10.0 Å². The van der Waals surface area contributed by atoms with Gasteiger partial charge in [0.25, 0.3) is 0 Å². The van der Waals surface area contributed by atoms with Gasteiger partial charge in [0, 0.05) is 18.3 Å². The van der Waals surface area contributed by atoms with Gasteiger partial charge in [0.15, 0.2) is 0 Å². The molecule has 1 rings (SSSR count). The van der Waals surface area contributed by atoms with E-state index in [0.29, 0.717) is 11.4 Å². The lowest BCUT2D eigenvalue weighted by atomic mass is 10.1. The Labute approximate surface area is 133 Å². The Bertz CT molecular complexity index is 545. The van der Waals surface area contributed by atoms with Crippen molar-refractivity contribution in [2.45, 2.75) is 44.7 Å². The third kappa shape index (κ3) is 5.62. The van der Waals surface area contributed by atoms with Gasteiger partial charge in [-0.05, 0) is 43.3 Å². The van der Waals surface area contributed by atoms with Gasteiger partial charge in [0.2, 0.25) is 10.0 Å². The fraction of sp³-hybridized carbons (Fsp3) is 0.600. The second-order valence-corrected chi connectivity index (χ2v) is 7.66. The number of sulfonamides is 1. The Balaban J connectivity index is 3.00. The molecule has 0 aliphatic rings. The molecule has 0 heterocycles. The quantitative estimate of drug-likeness (QED) is 0.730. The maximum atomic E-state index is 12.6. The molecule has 0 radical (unpaired) electrons. The number of nitrogens with one attached hydrogen (secondary N) is 2. The van der Waals surface area contributed by atoms with Crippen LogP contribution < -0.4 is 10.0 Å². The summed E-state index contributed by atoms with van der Waals surface area (Å²) >= 11 is 1.65. The zero-order valence-electron chi connectivity index (χ0n) is 13.3. The second-order valence-electron chi connectivity index (χ2n) is 5.06. The molecule has 2 N–H and O–H groups in total. The lowest BCUT2D eigenvalue weighted by Crippen LogP contribution is -2.36. The zero-order valence-corrected chi connectivity index (χ0v) is 14.9. The van der Waals surface area contributed by atoms with Gasteiger partial charge >= 0.3 is 0 Å². The summed E-state index contributed by atoms with van der Waals surface area (Å²) in [6.07, 6.45) is 2.77. The monoisotopic (exact) mass is 330 g/mol. The smallest absolute Gasteiger partial charge is 0.241 e. The summed E-state index contributed by atoms with van der Waals surface area (Å²) in [5.41, 5.74) is 1.77. The standard InChI is InChI=1S/C15H26N2O2S2/c1-5-14(11-20-4)17-21(18,19)15-9-13(10-16-6-2)8-7-12(15)3/h7-9,14,16-17H,5-6,10-11H2,1-4H3. The van der Waals surface area contributed by atoms with E-state index in [4.69, 9.17) is 0 Å². The van der Waals surface area contributed by atoms with Gasteiger partial charge in [-0.25, -0.2) is 13.1 Å². The van der Waals surface area contributed by atoms with Crippen molar-refractivity contribution in [1.29, 1.82) is 0 Å². The predicted molar refractivity (Wildman–Crippen MR) is 91.3 cm³/mol. The first-order valence-corrected chi connectivity index (χ1v) is 10.1. The third-order valence-electron chi connectivity index (χ3n) is 3.30. The van der Waals surface area contributed by atoms with Crippen molar-refractivity contribution in [2.75, 3.05) is 18.6 Å². The van der Waals surface area contributed by atoms with Crippen molar-refractivity contribution in [2.24, 2.45) is 0 Å². The molecule has 0 spiro atoms. The van der Waals surface area contributed by atoms with Crippen LogP contribution in [0.2, 0.25) is 0 Å². The minimum atomic E-state index is -3.46. The Morgan fingerprint density at radius 2 is 2.00 bits per heavy atom. The molecular weight excluding hydrogens is 304 g/mol. The molecule has 1 aromatic rings. The van der Waals surface area contributed by atoms with E-state index < -0.39 is 10.0 Å². The SMILES string of the molecule is CCNCc1ccc(C)c(S(=O)(=O)NC(CC)CSC)c1. The molecule has 0 fully saturated rings. The molecule has 6 heteroatoms. The molecule has 0 aliphatic carbocycles. The molecule has 0 bridgehead atoms. The Morgan fingerprint density at radius 3 is 2.57 bits per heavy atom. The summed E-state index contributed by atoms with van der Waals surface area (Å²) in [5, 5.41) is 3.22. The van der Waals surface area contributed by atoms with Crippen LogP contribution in [0.5, 0.6) is 0 Å². The highest BCUT2D eigenvalue weighted by molar-refractivity contribution is 7.98. The van der Waals surface area contributed by atoms with Crippen LogP contribution in [-0.4, -0.2) is 33.0 Å². The Hall–Kier alpha value is -0.560. The summed E-state index contributed by atoms with van der Waals surface area (Å²) in [5.74, 6) is 0.784. The van der Waals surface area contributed by atoms with Crippen LogP contribution in [-0.2, 0) is 16.6 Å². The van der Waals surface area contributed by atoms with Crippen molar-refractivity contribution in [3.8, 4) is 0 Å². The van der Waals surface area contributed by atoms with E-state index in [1.807, 2.05) is 39.2 Å². The fourth-order valence-electron chi connectivity index (χ4n) is 2.03. The van der Waals surface area contributed by atoms with Gasteiger partial charge in [-0.3, -0.25) is 0 Å². The van der Waals surface area contributed by atoms with Crippen LogP contribution >= 0.6 is 11.8 Å². The van der Waals surface area contributed by atoms with E-state index in [1.54, 1.807) is 17.8 Å². The minimum Gasteiger partial charge on any atom is -0.313 e. The number of hydrogen-bond donors (Lipinski definition) is 2. The van der Waals surface area contributed by atoms with Crippen LogP contribution in [0.3, 0.4) is 0 Å². The van der Waals surface area contributed by atoms with Crippen LogP contribution in [0, 0.1) is 6.92 Å². The summed E-state index contributed by atoms with van der Waals surface area (Å²) in [6, 6.07) is 5.58. The highest BCUT2D eigenvalue weighted by Crippen LogP contribution is 2.18. The van der Waals surface area contributed by atoms with Crippen LogP contribution in [0.25, 0.3) is 0 Å². The van der Waals surface area contributed by atoms with Gasteiger partial charge in [-0.1, -0.05) is 26.0 Å². The van der Waals surface area contributed by atoms with Gasteiger partial charge in [0.1, 0.15) is 0 Å². The zero-order chi connectivity index (χ0) is 15.9. The molecule has 120 valence electrons. The normalized spacial score (nSPS) is 13.3. The minimum absolute atomic E-state index is 0.0261. The number of hydrogen-bond acceptors (Lipinski definition) is 4. The van der Waals surface area contributed by atoms with Crippen molar-refractivity contribution in [3.63, 3.8) is 0 Å². The summed E-state index contributed by atoms with van der Waals surface area (Å²) in [6.45, 7) is 7.40. The molecule has 0 saturated carbocycles. The first-order chi connectivity index (χ1) is 9.94. The molecule has 0 amide bonds. The van der Waals surface area contributed by atoms with Crippen LogP contribution in [0.15, 0.2) is 23.1 Å². The molecule has 1 aromatic carbocycles. The first-order valence-electron chi connectivity index (χ1n) is 7.26. The molecule has 0 aromatic heterocycles. The van der Waals surface area contributed by atoms with Crippen molar-refractivity contribution < 1.29 is 8.42 Å². The van der Waals surface area contributed by atoms with E-state index >= 15 is 0 Å². The van der Waals surface area contributed by atoms with E-state index in [1.165, 1.54) is 0 Å². The maximum Gasteiger partial charge on any atom is 0.241 e. The summed E-state index contributed by atoms with van der Waals surface area (Å²) < 4.78 is 28.0. The van der Waals surface area contributed by atoms with Crippen molar-refractivity contribution in [1.82, 2.24) is 10.0 Å². The Morgan fingerprint density at radius 1 is 1.29 bits per heavy atom. The fourth-order valence-corrected chi connectivity index (χ4v) is 4.47. The molecule has 0 saturated heterocycles. The average molecular weight is 331 g/mol. The van der Waals surface area contributed by atoms with Gasteiger partial charge in [-0.2, -0.15) is 11.8 Å². The van der Waals surface area contributed by atoms with Gasteiger partial charge in [-0.15, -0.1) is 0 Å². The van der Waals surface area contributed by atoms with Crippen LogP contribution in [0.1, 0.15) is 31.4 Å². The summed E-state index contributed by atoms with van der Waals surface area (Å²) in [4.78, 5) is 0.387. The molecule has 1 atom stereocenters. The second kappa shape index (κ2) is 8.78. The largest absolute Gasteiger partial charge is 0.313 e. The molecular formula is C15H26N2O2S2. The highest BCUT2D eigenvalue weighted by atomic mass is 32.2. The van der Waals surface area contributed by atoms with Crippen LogP contribution in [0.4, 0.5) is 0 Å². The topological polar surface area (TPSA) is 58.2 Å². The van der Waals surface area contributed by atoms with Gasteiger partial charge in [0.05, 0.1) is 4.90 Å². The number of rotatable bonds is 9. The number of aryl methyl sites for hydroxylation is 1. The number of benzene rings is 1. The predicted octanol–water partition coefficient (Wildman–Crippen LogP) is 2.52. The van der Waals surface area contributed by atoms with E-state index in [9.17, 15) is 8.42 Å². The lowest BCUT2D eigenvalue weighted by molar-refractivity contribution is 0.557. The first kappa shape index (κ1) is 18.5. The highest BCUT2D eigenvalue weighted by Gasteiger charge is 2.21. The molecule has 1 unspecified atom stereocenters. The molecule has 4 nitrogen and oxygen atoms in total. The van der Waals surface area contributed by atoms with E-state index in [-0.39, 0.29) is 6.04 Å². The molecule has 0 aliphatic heterocycles. The van der Waals surface area contributed by atoms with Gasteiger partial charge < -0.3 is 5.32 Å².